The summed E-state index contributed by atoms with van der Waals surface area (Å²) < 4.78 is 7.73. The van der Waals surface area contributed by atoms with Crippen LogP contribution in [0.1, 0.15) is 32.5 Å². The highest BCUT2D eigenvalue weighted by atomic mass is 16.5. The molecule has 1 saturated heterocycles. The molecule has 2 heterocycles. The van der Waals surface area contributed by atoms with Crippen molar-refractivity contribution in [2.75, 3.05) is 6.54 Å². The number of hydrogen-bond donors (Lipinski definition) is 1. The number of nitrogens with one attached hydrogen (secondary N) is 1. The van der Waals surface area contributed by atoms with Crippen molar-refractivity contribution >= 4 is 0 Å². The Balaban J connectivity index is 1.90. The Morgan fingerprint density at radius 1 is 1.56 bits per heavy atom. The van der Waals surface area contributed by atoms with Crippen LogP contribution >= 0.6 is 0 Å². The molecule has 1 aromatic heterocycles. The zero-order chi connectivity index (χ0) is 11.4. The summed E-state index contributed by atoms with van der Waals surface area (Å²) in [4.78, 5) is 4.25. The van der Waals surface area contributed by atoms with Crippen molar-refractivity contribution in [3.05, 3.63) is 12.2 Å². The number of aromatic nitrogens is 3. The second kappa shape index (κ2) is 5.41. The van der Waals surface area contributed by atoms with Gasteiger partial charge in [-0.2, -0.15) is 5.10 Å². The second-order valence-electron chi connectivity index (χ2n) is 4.28. The van der Waals surface area contributed by atoms with E-state index in [9.17, 15) is 0 Å². The molecule has 1 N–H and O–H groups in total. The fraction of sp³-hybridized carbons (Fsp3) is 0.818. The van der Waals surface area contributed by atoms with Gasteiger partial charge in [-0.1, -0.05) is 6.92 Å². The molecule has 90 valence electrons. The summed E-state index contributed by atoms with van der Waals surface area (Å²) in [5.41, 5.74) is 0. The Bertz CT molecular complexity index is 326. The van der Waals surface area contributed by atoms with Gasteiger partial charge in [0.15, 0.2) is 0 Å². The maximum Gasteiger partial charge on any atom is 0.140 e. The van der Waals surface area contributed by atoms with Crippen LogP contribution < -0.4 is 5.32 Å². The Hall–Kier alpha value is -0.940. The molecule has 1 fully saturated rings. The third kappa shape index (κ3) is 2.80. The molecule has 5 heteroatoms. The van der Waals surface area contributed by atoms with Crippen molar-refractivity contribution in [2.24, 2.45) is 0 Å². The number of hydrogen-bond acceptors (Lipinski definition) is 4. The van der Waals surface area contributed by atoms with Crippen molar-refractivity contribution in [2.45, 2.75) is 52.0 Å². The smallest absolute Gasteiger partial charge is 0.140 e. The highest BCUT2D eigenvalue weighted by Gasteiger charge is 2.23. The van der Waals surface area contributed by atoms with Gasteiger partial charge in [0, 0.05) is 0 Å². The van der Waals surface area contributed by atoms with E-state index in [2.05, 4.69) is 29.2 Å². The molecule has 0 amide bonds. The van der Waals surface area contributed by atoms with Gasteiger partial charge >= 0.3 is 0 Å². The Morgan fingerprint density at radius 3 is 3.12 bits per heavy atom. The highest BCUT2D eigenvalue weighted by molar-refractivity contribution is 4.85. The van der Waals surface area contributed by atoms with Gasteiger partial charge in [0.25, 0.3) is 0 Å². The van der Waals surface area contributed by atoms with Gasteiger partial charge in [-0.25, -0.2) is 9.67 Å². The average Bonchev–Trinajstić information content (AvgIpc) is 2.86. The van der Waals surface area contributed by atoms with Gasteiger partial charge in [0.1, 0.15) is 12.2 Å². The van der Waals surface area contributed by atoms with Crippen LogP contribution in [0.4, 0.5) is 0 Å². The molecule has 0 bridgehead atoms. The van der Waals surface area contributed by atoms with Crippen molar-refractivity contribution in [3.8, 4) is 0 Å². The first-order valence-corrected chi connectivity index (χ1v) is 6.02. The van der Waals surface area contributed by atoms with Crippen LogP contribution in [0.25, 0.3) is 0 Å². The van der Waals surface area contributed by atoms with Gasteiger partial charge in [-0.05, 0) is 26.3 Å². The predicted molar refractivity (Wildman–Crippen MR) is 61.0 cm³/mol. The summed E-state index contributed by atoms with van der Waals surface area (Å²) in [6.07, 6.45) is 4.59. The van der Waals surface area contributed by atoms with E-state index in [4.69, 9.17) is 4.74 Å². The molecule has 16 heavy (non-hydrogen) atoms. The number of ether oxygens (including phenoxy) is 1. The molecule has 0 spiro atoms. The SMILES string of the molecule is CCNCc1ncnn1CC1CCC(C)O1. The molecular formula is C11H20N4O. The number of rotatable bonds is 5. The van der Waals surface area contributed by atoms with Crippen LogP contribution in [-0.4, -0.2) is 33.5 Å². The number of nitrogens with zero attached hydrogens (tertiary/aromatic N) is 3. The molecule has 2 rings (SSSR count). The minimum absolute atomic E-state index is 0.303. The molecule has 1 aromatic rings. The highest BCUT2D eigenvalue weighted by Crippen LogP contribution is 2.20. The van der Waals surface area contributed by atoms with E-state index < -0.39 is 0 Å². The van der Waals surface area contributed by atoms with Gasteiger partial charge in [-0.3, -0.25) is 0 Å². The van der Waals surface area contributed by atoms with Crippen LogP contribution in [0.3, 0.4) is 0 Å². The Morgan fingerprint density at radius 2 is 2.44 bits per heavy atom. The molecule has 2 unspecified atom stereocenters. The predicted octanol–water partition coefficient (Wildman–Crippen LogP) is 0.955. The van der Waals surface area contributed by atoms with Crippen molar-refractivity contribution < 1.29 is 4.74 Å². The summed E-state index contributed by atoms with van der Waals surface area (Å²) in [6, 6.07) is 0. The third-order valence-electron chi connectivity index (χ3n) is 2.93. The minimum atomic E-state index is 0.303. The zero-order valence-electron chi connectivity index (χ0n) is 10.0. The van der Waals surface area contributed by atoms with Crippen LogP contribution in [0.15, 0.2) is 6.33 Å². The zero-order valence-corrected chi connectivity index (χ0v) is 10.0. The quantitative estimate of drug-likeness (QED) is 0.809. The first kappa shape index (κ1) is 11.5. The normalized spacial score (nSPS) is 25.1. The maximum atomic E-state index is 5.79. The summed E-state index contributed by atoms with van der Waals surface area (Å²) in [5.74, 6) is 0.991. The first-order chi connectivity index (χ1) is 7.79. The summed E-state index contributed by atoms with van der Waals surface area (Å²) in [7, 11) is 0. The minimum Gasteiger partial charge on any atom is -0.373 e. The first-order valence-electron chi connectivity index (χ1n) is 6.02. The van der Waals surface area contributed by atoms with Gasteiger partial charge in [0.05, 0.1) is 25.3 Å². The van der Waals surface area contributed by atoms with Gasteiger partial charge < -0.3 is 10.1 Å². The van der Waals surface area contributed by atoms with E-state index >= 15 is 0 Å². The average molecular weight is 224 g/mol. The Labute approximate surface area is 96.2 Å². The van der Waals surface area contributed by atoms with Gasteiger partial charge in [-0.15, -0.1) is 0 Å². The largest absolute Gasteiger partial charge is 0.373 e. The molecule has 0 aromatic carbocycles. The van der Waals surface area contributed by atoms with Gasteiger partial charge in [0.2, 0.25) is 0 Å². The van der Waals surface area contributed by atoms with E-state index in [1.807, 2.05) is 4.68 Å². The lowest BCUT2D eigenvalue weighted by molar-refractivity contribution is 0.0430. The van der Waals surface area contributed by atoms with Crippen LogP contribution in [-0.2, 0) is 17.8 Å². The van der Waals surface area contributed by atoms with Crippen LogP contribution in [0.5, 0.6) is 0 Å². The van der Waals surface area contributed by atoms with Crippen molar-refractivity contribution in [1.29, 1.82) is 0 Å². The van der Waals surface area contributed by atoms with Crippen molar-refractivity contribution in [3.63, 3.8) is 0 Å². The molecule has 0 saturated carbocycles. The van der Waals surface area contributed by atoms with Crippen LogP contribution in [0.2, 0.25) is 0 Å². The fourth-order valence-corrected chi connectivity index (χ4v) is 2.03. The third-order valence-corrected chi connectivity index (χ3v) is 2.93. The van der Waals surface area contributed by atoms with E-state index in [1.54, 1.807) is 6.33 Å². The van der Waals surface area contributed by atoms with E-state index in [-0.39, 0.29) is 0 Å². The fourth-order valence-electron chi connectivity index (χ4n) is 2.03. The second-order valence-corrected chi connectivity index (χ2v) is 4.28. The monoisotopic (exact) mass is 224 g/mol. The molecule has 1 aliphatic heterocycles. The van der Waals surface area contributed by atoms with Crippen LogP contribution in [0, 0.1) is 0 Å². The molecule has 0 radical (unpaired) electrons. The molecule has 2 atom stereocenters. The molecular weight excluding hydrogens is 204 g/mol. The summed E-state index contributed by atoms with van der Waals surface area (Å²) >= 11 is 0. The van der Waals surface area contributed by atoms with Crippen molar-refractivity contribution in [1.82, 2.24) is 20.1 Å². The summed E-state index contributed by atoms with van der Waals surface area (Å²) in [5, 5.41) is 7.50. The van der Waals surface area contributed by atoms with E-state index in [0.29, 0.717) is 12.2 Å². The molecule has 5 nitrogen and oxygen atoms in total. The topological polar surface area (TPSA) is 52.0 Å². The standard InChI is InChI=1S/C11H20N4O/c1-3-12-6-11-13-8-14-15(11)7-10-5-4-9(2)16-10/h8-10,12H,3-7H2,1-2H3. The van der Waals surface area contributed by atoms with E-state index in [1.165, 1.54) is 0 Å². The lowest BCUT2D eigenvalue weighted by atomic mass is 10.2. The maximum absolute atomic E-state index is 5.79. The molecule has 0 aliphatic carbocycles. The Kier molecular flexibility index (Phi) is 3.90. The lowest BCUT2D eigenvalue weighted by Gasteiger charge is -2.12. The lowest BCUT2D eigenvalue weighted by Crippen LogP contribution is -2.22. The summed E-state index contributed by atoms with van der Waals surface area (Å²) in [6.45, 7) is 6.76. The van der Waals surface area contributed by atoms with E-state index in [0.717, 1.165) is 38.3 Å². The molecule has 1 aliphatic rings.